The molecule has 0 amide bonds. The lowest BCUT2D eigenvalue weighted by Crippen LogP contribution is -2.31. The van der Waals surface area contributed by atoms with E-state index in [0.29, 0.717) is 13.2 Å². The summed E-state index contributed by atoms with van der Waals surface area (Å²) in [6.07, 6.45) is 2.63. The van der Waals surface area contributed by atoms with E-state index >= 15 is 0 Å². The Morgan fingerprint density at radius 3 is 2.43 bits per heavy atom. The molecule has 5 heteroatoms. The number of anilines is 1. The molecule has 0 radical (unpaired) electrons. The van der Waals surface area contributed by atoms with Crippen molar-refractivity contribution in [1.82, 2.24) is 5.32 Å². The molecular weight excluding hydrogens is 284 g/mol. The Bertz CT molecular complexity index is 347. The fourth-order valence-corrected chi connectivity index (χ4v) is 1.89. The fraction of sp³-hybridized carbons (Fsp3) is 0.625. The summed E-state index contributed by atoms with van der Waals surface area (Å²) in [6.45, 7) is 7.91. The molecule has 1 aromatic rings. The van der Waals surface area contributed by atoms with Gasteiger partial charge in [-0.05, 0) is 37.2 Å². The van der Waals surface area contributed by atoms with Crippen LogP contribution in [0.5, 0.6) is 5.75 Å². The Labute approximate surface area is 134 Å². The lowest BCUT2D eigenvalue weighted by atomic mass is 10.3. The molecule has 0 spiro atoms. The third kappa shape index (κ3) is 8.86. The van der Waals surface area contributed by atoms with Crippen molar-refractivity contribution in [2.75, 3.05) is 37.3 Å². The molecule has 122 valence electrons. The number of hydrogen-bond donors (Lipinski definition) is 2. The van der Waals surface area contributed by atoms with Crippen LogP contribution in [0.25, 0.3) is 0 Å². The zero-order chi connectivity index (χ0) is 16.1. The summed E-state index contributed by atoms with van der Waals surface area (Å²) in [4.78, 5) is 0. The maximum Gasteiger partial charge on any atom is 0.119 e. The van der Waals surface area contributed by atoms with Crippen LogP contribution < -0.4 is 14.4 Å². The van der Waals surface area contributed by atoms with Gasteiger partial charge in [-0.3, -0.25) is 0 Å². The predicted molar refractivity (Wildman–Crippen MR) is 94.4 cm³/mol. The minimum atomic E-state index is -0.472. The molecule has 1 atom stereocenters. The molecular formula is C16H30N2O2S. The van der Waals surface area contributed by atoms with Gasteiger partial charge in [0.1, 0.15) is 18.5 Å². The zero-order valence-electron chi connectivity index (χ0n) is 13.9. The smallest absolute Gasteiger partial charge is 0.119 e. The summed E-state index contributed by atoms with van der Waals surface area (Å²) in [5.74, 6) is 0.785. The monoisotopic (exact) mass is 314 g/mol. The van der Waals surface area contributed by atoms with Gasteiger partial charge in [0.15, 0.2) is 0 Å². The molecule has 1 rings (SSSR count). The minimum absolute atomic E-state index is 0.314. The molecule has 2 N–H and O–H groups in total. The molecule has 4 nitrogen and oxygen atoms in total. The second kappa shape index (κ2) is 12.8. The molecule has 0 bridgehead atoms. The fourth-order valence-electron chi connectivity index (χ4n) is 1.55. The molecule has 0 aliphatic heterocycles. The molecule has 21 heavy (non-hydrogen) atoms. The first kappa shape index (κ1) is 20.1. The number of benzene rings is 1. The predicted octanol–water partition coefficient (Wildman–Crippen LogP) is 3.17. The highest BCUT2D eigenvalue weighted by molar-refractivity contribution is 7.99. The lowest BCUT2D eigenvalue weighted by Gasteiger charge is -2.16. The Morgan fingerprint density at radius 1 is 1.29 bits per heavy atom. The minimum Gasteiger partial charge on any atom is -0.491 e. The zero-order valence-corrected chi connectivity index (χ0v) is 14.7. The van der Waals surface area contributed by atoms with E-state index in [1.54, 1.807) is 11.9 Å². The normalized spacial score (nSPS) is 11.3. The van der Waals surface area contributed by atoms with Gasteiger partial charge < -0.3 is 19.5 Å². The number of aliphatic hydroxyl groups is 1. The standard InChI is InChI=1S/C14H24N2O2S.C2H6/c1-4-9-15-10-13(17)11-18-14-7-5-12(6-8-14)16(2)19-3;1-2/h5-8,13,15,17H,4,9-11H2,1-3H3;1-2H3. The van der Waals surface area contributed by atoms with Crippen LogP contribution >= 0.6 is 11.9 Å². The van der Waals surface area contributed by atoms with Crippen molar-refractivity contribution in [3.8, 4) is 5.75 Å². The van der Waals surface area contributed by atoms with Crippen LogP contribution in [0.2, 0.25) is 0 Å². The molecule has 0 heterocycles. The van der Waals surface area contributed by atoms with Crippen LogP contribution in [0.1, 0.15) is 27.2 Å². The van der Waals surface area contributed by atoms with E-state index in [-0.39, 0.29) is 0 Å². The van der Waals surface area contributed by atoms with Gasteiger partial charge in [0, 0.05) is 25.5 Å². The SMILES string of the molecule is CC.CCCNCC(O)COc1ccc(N(C)SC)cc1. The van der Waals surface area contributed by atoms with E-state index in [0.717, 1.165) is 24.4 Å². The highest BCUT2D eigenvalue weighted by Crippen LogP contribution is 2.21. The third-order valence-electron chi connectivity index (χ3n) is 2.72. The second-order valence-corrected chi connectivity index (χ2v) is 5.26. The van der Waals surface area contributed by atoms with Crippen LogP contribution in [0.3, 0.4) is 0 Å². The summed E-state index contributed by atoms with van der Waals surface area (Å²) >= 11 is 1.66. The number of rotatable bonds is 9. The average molecular weight is 314 g/mol. The van der Waals surface area contributed by atoms with Gasteiger partial charge in [-0.2, -0.15) is 0 Å². The molecule has 0 saturated carbocycles. The van der Waals surface area contributed by atoms with Gasteiger partial charge in [0.2, 0.25) is 0 Å². The Balaban J connectivity index is 0.00000191. The van der Waals surface area contributed by atoms with Crippen LogP contribution in [0.4, 0.5) is 5.69 Å². The van der Waals surface area contributed by atoms with Gasteiger partial charge >= 0.3 is 0 Å². The van der Waals surface area contributed by atoms with E-state index in [1.165, 1.54) is 0 Å². The molecule has 0 fully saturated rings. The van der Waals surface area contributed by atoms with Gasteiger partial charge in [-0.25, -0.2) is 0 Å². The summed E-state index contributed by atoms with van der Waals surface area (Å²) in [6, 6.07) is 7.86. The van der Waals surface area contributed by atoms with Crippen LogP contribution in [0.15, 0.2) is 24.3 Å². The quantitative estimate of drug-likeness (QED) is 0.541. The Morgan fingerprint density at radius 2 is 1.90 bits per heavy atom. The van der Waals surface area contributed by atoms with Crippen LogP contribution in [-0.4, -0.2) is 44.2 Å². The van der Waals surface area contributed by atoms with Crippen LogP contribution in [0, 0.1) is 0 Å². The second-order valence-electron chi connectivity index (χ2n) is 4.34. The number of nitrogens with zero attached hydrogens (tertiary/aromatic N) is 1. The highest BCUT2D eigenvalue weighted by Gasteiger charge is 2.05. The van der Waals surface area contributed by atoms with Gasteiger partial charge in [-0.1, -0.05) is 32.7 Å². The molecule has 1 aromatic carbocycles. The van der Waals surface area contributed by atoms with Crippen molar-refractivity contribution in [2.45, 2.75) is 33.3 Å². The summed E-state index contributed by atoms with van der Waals surface area (Å²) in [5, 5.41) is 12.9. The van der Waals surface area contributed by atoms with Crippen LogP contribution in [-0.2, 0) is 0 Å². The average Bonchev–Trinajstić information content (AvgIpc) is 2.55. The first-order valence-corrected chi connectivity index (χ1v) is 8.75. The van der Waals surface area contributed by atoms with Crippen molar-refractivity contribution in [2.24, 2.45) is 0 Å². The molecule has 0 aliphatic rings. The molecule has 0 saturated heterocycles. The van der Waals surface area contributed by atoms with E-state index in [2.05, 4.69) is 16.5 Å². The lowest BCUT2D eigenvalue weighted by molar-refractivity contribution is 0.106. The number of nitrogens with one attached hydrogen (secondary N) is 1. The van der Waals surface area contributed by atoms with Crippen molar-refractivity contribution < 1.29 is 9.84 Å². The maximum absolute atomic E-state index is 9.72. The Hall–Kier alpha value is -0.910. The van der Waals surface area contributed by atoms with Gasteiger partial charge in [0.05, 0.1) is 0 Å². The number of hydrogen-bond acceptors (Lipinski definition) is 5. The largest absolute Gasteiger partial charge is 0.491 e. The van der Waals surface area contributed by atoms with Crippen molar-refractivity contribution >= 4 is 17.6 Å². The first-order chi connectivity index (χ1) is 10.2. The molecule has 0 aromatic heterocycles. The molecule has 0 aliphatic carbocycles. The number of aliphatic hydroxyl groups excluding tert-OH is 1. The van der Waals surface area contributed by atoms with E-state index in [9.17, 15) is 5.11 Å². The van der Waals surface area contributed by atoms with Gasteiger partial charge in [0.25, 0.3) is 0 Å². The first-order valence-electron chi connectivity index (χ1n) is 7.56. The summed E-state index contributed by atoms with van der Waals surface area (Å²) in [5.41, 5.74) is 1.13. The highest BCUT2D eigenvalue weighted by atomic mass is 32.2. The van der Waals surface area contributed by atoms with E-state index in [4.69, 9.17) is 4.74 Å². The summed E-state index contributed by atoms with van der Waals surface area (Å²) < 4.78 is 7.63. The van der Waals surface area contributed by atoms with Crippen molar-refractivity contribution in [3.63, 3.8) is 0 Å². The maximum atomic E-state index is 9.72. The van der Waals surface area contributed by atoms with Gasteiger partial charge in [-0.15, -0.1) is 0 Å². The Kier molecular flexibility index (Phi) is 12.2. The van der Waals surface area contributed by atoms with E-state index < -0.39 is 6.10 Å². The summed E-state index contributed by atoms with van der Waals surface area (Å²) in [7, 11) is 2.02. The molecule has 1 unspecified atom stereocenters. The van der Waals surface area contributed by atoms with Crippen molar-refractivity contribution in [3.05, 3.63) is 24.3 Å². The topological polar surface area (TPSA) is 44.7 Å². The van der Waals surface area contributed by atoms with Crippen molar-refractivity contribution in [1.29, 1.82) is 0 Å². The third-order valence-corrected chi connectivity index (χ3v) is 3.48. The number of ether oxygens (including phenoxy) is 1. The van der Waals surface area contributed by atoms with E-state index in [1.807, 2.05) is 51.4 Å².